The van der Waals surface area contributed by atoms with Gasteiger partial charge in [0.25, 0.3) is 0 Å². The molecule has 0 fully saturated rings. The number of ketones is 1. The number of benzene rings is 2. The lowest BCUT2D eigenvalue weighted by molar-refractivity contribution is 0.0455. The van der Waals surface area contributed by atoms with Crippen LogP contribution in [0.25, 0.3) is 0 Å². The molecule has 3 rings (SSSR count). The first kappa shape index (κ1) is 23.8. The average Bonchev–Trinajstić information content (AvgIpc) is 2.73. The van der Waals surface area contributed by atoms with Gasteiger partial charge in [0.15, 0.2) is 12.4 Å². The number of hydrogen-bond donors (Lipinski definition) is 1. The Bertz CT molecular complexity index is 1020. The first-order chi connectivity index (χ1) is 14.9. The second-order valence-electron chi connectivity index (χ2n) is 10.4. The highest BCUT2D eigenvalue weighted by atomic mass is 16.5. The molecule has 0 spiro atoms. The molecule has 1 aliphatic carbocycles. The number of phenolic OH excluding ortho intramolecular Hbond substituents is 1. The van der Waals surface area contributed by atoms with E-state index in [2.05, 4.69) is 33.8 Å². The van der Waals surface area contributed by atoms with Crippen LogP contribution < -0.4 is 4.74 Å². The molecule has 1 aliphatic rings. The minimum atomic E-state index is -0.585. The lowest BCUT2D eigenvalue weighted by Crippen LogP contribution is -2.34. The molecule has 0 heterocycles. The normalized spacial score (nSPS) is 16.3. The molecule has 32 heavy (non-hydrogen) atoms. The van der Waals surface area contributed by atoms with Crippen molar-refractivity contribution in [1.82, 2.24) is 0 Å². The highest BCUT2D eigenvalue weighted by molar-refractivity contribution is 5.97. The third-order valence-electron chi connectivity index (χ3n) is 6.28. The second-order valence-corrected chi connectivity index (χ2v) is 10.4. The number of Topliss-reactive ketones (excluding diaryl/α,β-unsaturated/α-hetero) is 1. The predicted octanol–water partition coefficient (Wildman–Crippen LogP) is 5.82. The van der Waals surface area contributed by atoms with Crippen LogP contribution in [0.15, 0.2) is 36.4 Å². The fraction of sp³-hybridized carbons (Fsp3) is 0.481. The van der Waals surface area contributed by atoms with Gasteiger partial charge in [-0.15, -0.1) is 0 Å². The molecular formula is C27H34O5. The van der Waals surface area contributed by atoms with Crippen molar-refractivity contribution in [2.45, 2.75) is 65.2 Å². The van der Waals surface area contributed by atoms with Gasteiger partial charge < -0.3 is 14.6 Å². The highest BCUT2D eigenvalue weighted by Crippen LogP contribution is 2.45. The van der Waals surface area contributed by atoms with Crippen LogP contribution in [-0.2, 0) is 15.6 Å². The van der Waals surface area contributed by atoms with Crippen LogP contribution in [0.2, 0.25) is 0 Å². The molecule has 5 nitrogen and oxygen atoms in total. The third kappa shape index (κ3) is 5.14. The van der Waals surface area contributed by atoms with Crippen molar-refractivity contribution in [3.8, 4) is 11.5 Å². The van der Waals surface area contributed by atoms with Crippen molar-refractivity contribution >= 4 is 11.8 Å². The summed E-state index contributed by atoms with van der Waals surface area (Å²) in [6.45, 7) is 12.9. The van der Waals surface area contributed by atoms with E-state index >= 15 is 0 Å². The maximum absolute atomic E-state index is 12.8. The zero-order valence-corrected chi connectivity index (χ0v) is 20.0. The molecule has 2 aromatic carbocycles. The van der Waals surface area contributed by atoms with Crippen LogP contribution >= 0.6 is 0 Å². The number of hydrogen-bond acceptors (Lipinski definition) is 5. The molecule has 0 unspecified atom stereocenters. The summed E-state index contributed by atoms with van der Waals surface area (Å²) in [6.07, 6.45) is 2.19. The maximum Gasteiger partial charge on any atom is 0.341 e. The van der Waals surface area contributed by atoms with Gasteiger partial charge in [0.2, 0.25) is 0 Å². The Morgan fingerprint density at radius 2 is 1.62 bits per heavy atom. The number of carbonyl (C=O) groups excluding carboxylic acids is 2. The summed E-state index contributed by atoms with van der Waals surface area (Å²) in [6, 6.07) is 10.3. The van der Waals surface area contributed by atoms with E-state index in [9.17, 15) is 14.7 Å². The Morgan fingerprint density at radius 3 is 2.25 bits per heavy atom. The van der Waals surface area contributed by atoms with Gasteiger partial charge in [0.05, 0.1) is 6.61 Å². The van der Waals surface area contributed by atoms with Gasteiger partial charge >= 0.3 is 5.97 Å². The zero-order chi connectivity index (χ0) is 23.7. The van der Waals surface area contributed by atoms with Crippen LogP contribution in [-0.4, -0.2) is 30.1 Å². The van der Waals surface area contributed by atoms with Gasteiger partial charge in [-0.1, -0.05) is 53.7 Å². The second kappa shape index (κ2) is 8.97. The van der Waals surface area contributed by atoms with E-state index in [-0.39, 0.29) is 47.1 Å². The minimum absolute atomic E-state index is 0.0216. The molecule has 0 bridgehead atoms. The molecule has 172 valence electrons. The Morgan fingerprint density at radius 1 is 0.969 bits per heavy atom. The summed E-state index contributed by atoms with van der Waals surface area (Å²) >= 11 is 0. The minimum Gasteiger partial charge on any atom is -0.507 e. The number of phenols is 1. The lowest BCUT2D eigenvalue weighted by Gasteiger charge is -2.42. The summed E-state index contributed by atoms with van der Waals surface area (Å²) < 4.78 is 10.8. The van der Waals surface area contributed by atoms with Crippen LogP contribution in [0.1, 0.15) is 86.2 Å². The van der Waals surface area contributed by atoms with E-state index in [4.69, 9.17) is 9.47 Å². The van der Waals surface area contributed by atoms with E-state index in [1.165, 1.54) is 23.3 Å². The molecule has 5 heteroatoms. The summed E-state index contributed by atoms with van der Waals surface area (Å²) in [5.41, 5.74) is 3.33. The Hall–Kier alpha value is -2.82. The molecule has 0 atom stereocenters. The lowest BCUT2D eigenvalue weighted by atomic mass is 9.63. The maximum atomic E-state index is 12.8. The largest absolute Gasteiger partial charge is 0.507 e. The SMILES string of the molecule is CC(C)COC(=O)c1ccc(OCC(=O)c2ccc3c(c2)C(C)(C)CCC3(C)C)cc1O. The summed E-state index contributed by atoms with van der Waals surface area (Å²) in [7, 11) is 0. The number of fused-ring (bicyclic) bond motifs is 1. The molecule has 0 aromatic heterocycles. The monoisotopic (exact) mass is 438 g/mol. The van der Waals surface area contributed by atoms with Gasteiger partial charge in [-0.25, -0.2) is 4.79 Å². The van der Waals surface area contributed by atoms with Gasteiger partial charge in [0, 0.05) is 11.6 Å². The predicted molar refractivity (Wildman–Crippen MR) is 125 cm³/mol. The fourth-order valence-corrected chi connectivity index (χ4v) is 4.09. The zero-order valence-electron chi connectivity index (χ0n) is 20.0. The number of carbonyl (C=O) groups is 2. The fourth-order valence-electron chi connectivity index (χ4n) is 4.09. The first-order valence-electron chi connectivity index (χ1n) is 11.2. The number of aromatic hydroxyl groups is 1. The smallest absolute Gasteiger partial charge is 0.341 e. The van der Waals surface area contributed by atoms with Crippen molar-refractivity contribution in [3.05, 3.63) is 58.7 Å². The molecule has 0 saturated carbocycles. The average molecular weight is 439 g/mol. The van der Waals surface area contributed by atoms with Crippen molar-refractivity contribution in [2.75, 3.05) is 13.2 Å². The summed E-state index contributed by atoms with van der Waals surface area (Å²) in [5.74, 6) is -0.433. The quantitative estimate of drug-likeness (QED) is 0.436. The summed E-state index contributed by atoms with van der Waals surface area (Å²) in [4.78, 5) is 24.9. The molecule has 2 aromatic rings. The van der Waals surface area contributed by atoms with E-state index < -0.39 is 5.97 Å². The molecule has 0 saturated heterocycles. The van der Waals surface area contributed by atoms with Gasteiger partial charge in [-0.05, 0) is 58.9 Å². The Kier molecular flexibility index (Phi) is 6.68. The van der Waals surface area contributed by atoms with E-state index in [1.807, 2.05) is 26.0 Å². The van der Waals surface area contributed by atoms with Crippen LogP contribution in [0.3, 0.4) is 0 Å². The highest BCUT2D eigenvalue weighted by Gasteiger charge is 2.37. The van der Waals surface area contributed by atoms with E-state index in [0.29, 0.717) is 11.3 Å². The van der Waals surface area contributed by atoms with Gasteiger partial charge in [-0.3, -0.25) is 4.79 Å². The van der Waals surface area contributed by atoms with Crippen molar-refractivity contribution in [3.63, 3.8) is 0 Å². The number of ether oxygens (including phenoxy) is 2. The number of esters is 1. The number of rotatable bonds is 7. The third-order valence-corrected chi connectivity index (χ3v) is 6.28. The molecular weight excluding hydrogens is 404 g/mol. The van der Waals surface area contributed by atoms with Crippen LogP contribution in [0, 0.1) is 5.92 Å². The first-order valence-corrected chi connectivity index (χ1v) is 11.2. The Balaban J connectivity index is 1.70. The molecule has 0 amide bonds. The van der Waals surface area contributed by atoms with Crippen molar-refractivity contribution < 1.29 is 24.2 Å². The van der Waals surface area contributed by atoms with E-state index in [1.54, 1.807) is 6.07 Å². The topological polar surface area (TPSA) is 72.8 Å². The molecule has 1 N–H and O–H groups in total. The van der Waals surface area contributed by atoms with Gasteiger partial charge in [-0.2, -0.15) is 0 Å². The molecule has 0 aliphatic heterocycles. The van der Waals surface area contributed by atoms with Crippen molar-refractivity contribution in [2.24, 2.45) is 5.92 Å². The molecule has 0 radical (unpaired) electrons. The summed E-state index contributed by atoms with van der Waals surface area (Å²) in [5, 5.41) is 10.2. The van der Waals surface area contributed by atoms with Gasteiger partial charge in [0.1, 0.15) is 17.1 Å². The standard InChI is InChI=1S/C27H34O5/c1-17(2)15-32-25(30)20-9-8-19(14-23(20)28)31-16-24(29)18-7-10-21-22(13-18)27(5,6)12-11-26(21,3)4/h7-10,13-14,17,28H,11-12,15-16H2,1-6H3. The van der Waals surface area contributed by atoms with E-state index in [0.717, 1.165) is 12.8 Å². The Labute approximate surface area is 190 Å². The van der Waals surface area contributed by atoms with Crippen molar-refractivity contribution in [1.29, 1.82) is 0 Å². The van der Waals surface area contributed by atoms with Crippen LogP contribution in [0.5, 0.6) is 11.5 Å². The van der Waals surface area contributed by atoms with Crippen LogP contribution in [0.4, 0.5) is 0 Å².